The molecule has 12 heteroatoms. The first kappa shape index (κ1) is 32.7. The van der Waals surface area contributed by atoms with Crippen LogP contribution in [0.3, 0.4) is 0 Å². The number of carbonyl (C=O) groups excluding carboxylic acids is 3. The predicted octanol–water partition coefficient (Wildman–Crippen LogP) is 3.38. The van der Waals surface area contributed by atoms with Gasteiger partial charge in [-0.25, -0.2) is 0 Å². The third-order valence-corrected chi connectivity index (χ3v) is 7.33. The second-order valence-electron chi connectivity index (χ2n) is 7.06. The van der Waals surface area contributed by atoms with E-state index < -0.39 is 44.2 Å². The van der Waals surface area contributed by atoms with Crippen LogP contribution in [0.4, 0.5) is 0 Å². The average Bonchev–Trinajstić information content (AvgIpc) is 2.62. The number of hydrogen-bond acceptors (Lipinski definition) is 8. The molecule has 0 saturated heterocycles. The summed E-state index contributed by atoms with van der Waals surface area (Å²) in [6.45, 7) is 11.4. The minimum Gasteiger partial charge on any atom is -0.423 e. The molecule has 0 atom stereocenters. The van der Waals surface area contributed by atoms with Crippen LogP contribution in [-0.2, 0) is 21.8 Å². The fourth-order valence-corrected chi connectivity index (χ4v) is 6.28. The minimum absolute atomic E-state index is 0.259. The Bertz CT molecular complexity index is 956. The molecule has 0 spiro atoms. The van der Waals surface area contributed by atoms with E-state index in [1.54, 1.807) is 0 Å². The molecule has 2 N–H and O–H groups in total. The maximum Gasteiger partial charge on any atom is 0.488 e. The molecule has 34 heavy (non-hydrogen) atoms. The van der Waals surface area contributed by atoms with Crippen LogP contribution in [0.1, 0.15) is 43.0 Å². The van der Waals surface area contributed by atoms with Crippen LogP contribution in [0, 0.1) is 27.7 Å². The van der Waals surface area contributed by atoms with Gasteiger partial charge in [-0.3, -0.25) is 9.59 Å². The molecule has 0 aromatic heterocycles. The number of rotatable bonds is 4. The standard InChI is InChI=1S/C8H10BBrO2.C8H9BrO.C4H6O3.C2H4O2.Pb/c1-5-3-7(10)4-6(2)8(5)9(11)12;1-5-3-7(9)4-6(2)8(5)10;1-3(5)7-4(2)6;1-2(3)4;/h3-4,11-12H,1-2H3;3-4,10H,1-2H3;1-2H3;1H3,(H,3,4);/q;;;;+2/p-2. The summed E-state index contributed by atoms with van der Waals surface area (Å²) in [7, 11) is -1.38. The molecule has 0 amide bonds. The minimum atomic E-state index is -1.74. The Hall–Kier alpha value is -1.28. The number of carbonyl (C=O) groups is 3. The zero-order valence-corrected chi connectivity index (χ0v) is 27.0. The molecular weight excluding hydrogens is 770 g/mol. The summed E-state index contributed by atoms with van der Waals surface area (Å²) in [6, 6.07) is 7.70. The average molecular weight is 797 g/mol. The first-order valence-electron chi connectivity index (χ1n) is 9.83. The maximum absolute atomic E-state index is 10.6. The van der Waals surface area contributed by atoms with E-state index in [1.165, 1.54) is 20.8 Å². The van der Waals surface area contributed by atoms with Gasteiger partial charge in [0.1, 0.15) is 0 Å². The first-order valence-corrected chi connectivity index (χ1v) is 14.6. The fraction of sp³-hybridized carbons (Fsp3) is 0.318. The molecule has 0 bridgehead atoms. The van der Waals surface area contributed by atoms with Gasteiger partial charge in [-0.2, -0.15) is 0 Å². The molecule has 2 aromatic rings. The Kier molecular flexibility index (Phi) is 15.8. The molecule has 2 rings (SSSR count). The SMILES string of the molecule is CC(=O)OC(C)=O.CC(=O)[O][Pb][O]c1c(C)cc(Br)cc1C.Cc1cc(Br)cc(C)c1B(O)O. The summed E-state index contributed by atoms with van der Waals surface area (Å²) in [6.07, 6.45) is 0. The van der Waals surface area contributed by atoms with Crippen molar-refractivity contribution in [1.29, 1.82) is 0 Å². The molecule has 2 aromatic carbocycles. The van der Waals surface area contributed by atoms with Gasteiger partial charge in [-0.15, -0.1) is 0 Å². The second-order valence-corrected chi connectivity index (χ2v) is 11.1. The van der Waals surface area contributed by atoms with E-state index in [0.717, 1.165) is 36.9 Å². The van der Waals surface area contributed by atoms with Crippen molar-refractivity contribution in [1.82, 2.24) is 0 Å². The summed E-state index contributed by atoms with van der Waals surface area (Å²) in [5.74, 6) is -0.534. The van der Waals surface area contributed by atoms with Crippen molar-refractivity contribution in [3.63, 3.8) is 0 Å². The van der Waals surface area contributed by atoms with Crippen LogP contribution in [-0.4, -0.2) is 60.2 Å². The van der Waals surface area contributed by atoms with Crippen molar-refractivity contribution >= 4 is 87.5 Å². The van der Waals surface area contributed by atoms with Crippen LogP contribution >= 0.6 is 31.9 Å². The van der Waals surface area contributed by atoms with Gasteiger partial charge in [0, 0.05) is 18.3 Å². The number of hydrogen-bond donors (Lipinski definition) is 2. The number of halogens is 2. The molecule has 0 heterocycles. The molecule has 0 aliphatic carbocycles. The van der Waals surface area contributed by atoms with Crippen molar-refractivity contribution in [2.24, 2.45) is 0 Å². The van der Waals surface area contributed by atoms with Crippen molar-refractivity contribution in [2.45, 2.75) is 48.5 Å². The van der Waals surface area contributed by atoms with Crippen LogP contribution in [0.2, 0.25) is 0 Å². The normalized spacial score (nSPS) is 9.50. The summed E-state index contributed by atoms with van der Waals surface area (Å²) < 4.78 is 16.4. The zero-order chi connectivity index (χ0) is 26.6. The van der Waals surface area contributed by atoms with E-state index in [4.69, 9.17) is 15.4 Å². The molecule has 184 valence electrons. The Balaban J connectivity index is 0.000000514. The molecule has 2 radical (unpaired) electrons. The van der Waals surface area contributed by atoms with Crippen molar-refractivity contribution < 1.29 is 34.5 Å². The van der Waals surface area contributed by atoms with E-state index in [9.17, 15) is 14.4 Å². The molecule has 0 unspecified atom stereocenters. The monoisotopic (exact) mass is 796 g/mol. The van der Waals surface area contributed by atoms with E-state index in [2.05, 4.69) is 36.6 Å². The molecule has 0 aliphatic rings. The summed E-state index contributed by atoms with van der Waals surface area (Å²) in [4.78, 5) is 30.2. The Morgan fingerprint density at radius 2 is 1.15 bits per heavy atom. The van der Waals surface area contributed by atoms with Gasteiger partial charge in [0.2, 0.25) is 0 Å². The Labute approximate surface area is 230 Å². The molecule has 8 nitrogen and oxygen atoms in total. The third kappa shape index (κ3) is 13.6. The first-order chi connectivity index (χ1) is 15.6. The number of esters is 2. The van der Waals surface area contributed by atoms with E-state index >= 15 is 0 Å². The van der Waals surface area contributed by atoms with Crippen molar-refractivity contribution in [3.05, 3.63) is 55.5 Å². The van der Waals surface area contributed by atoms with E-state index in [0.29, 0.717) is 5.46 Å². The summed E-state index contributed by atoms with van der Waals surface area (Å²) >= 11 is 5.01. The fourth-order valence-electron chi connectivity index (χ4n) is 2.71. The summed E-state index contributed by atoms with van der Waals surface area (Å²) in [5.41, 5.74) is 4.48. The quantitative estimate of drug-likeness (QED) is 0.275. The number of benzene rings is 2. The summed E-state index contributed by atoms with van der Waals surface area (Å²) in [5, 5.41) is 18.0. The van der Waals surface area contributed by atoms with E-state index in [-0.39, 0.29) is 5.97 Å². The Morgan fingerprint density at radius 1 is 0.765 bits per heavy atom. The largest absolute Gasteiger partial charge is 0.488 e. The van der Waals surface area contributed by atoms with Crippen LogP contribution in [0.5, 0.6) is 5.75 Å². The number of ether oxygens (including phenoxy) is 1. The smallest absolute Gasteiger partial charge is 0.423 e. The van der Waals surface area contributed by atoms with Gasteiger partial charge >= 0.3 is 131 Å². The maximum atomic E-state index is 10.6. The van der Waals surface area contributed by atoms with Crippen LogP contribution in [0.25, 0.3) is 0 Å². The predicted molar refractivity (Wildman–Crippen MR) is 138 cm³/mol. The van der Waals surface area contributed by atoms with Crippen LogP contribution < -0.4 is 8.15 Å². The van der Waals surface area contributed by atoms with Gasteiger partial charge in [-0.1, -0.05) is 15.9 Å². The van der Waals surface area contributed by atoms with Gasteiger partial charge in [0.25, 0.3) is 0 Å². The molecule has 0 aliphatic heterocycles. The molecule has 0 fully saturated rings. The van der Waals surface area contributed by atoms with Crippen molar-refractivity contribution in [3.8, 4) is 5.75 Å². The van der Waals surface area contributed by atoms with Gasteiger partial charge in [-0.05, 0) is 42.6 Å². The molecular formula is C22H27BBr2O8Pb. The van der Waals surface area contributed by atoms with Gasteiger partial charge in [0.05, 0.1) is 0 Å². The van der Waals surface area contributed by atoms with Gasteiger partial charge in [0.15, 0.2) is 0 Å². The number of aryl methyl sites for hydroxylation is 4. The third-order valence-electron chi connectivity index (χ3n) is 3.86. The van der Waals surface area contributed by atoms with Crippen LogP contribution in [0.15, 0.2) is 33.2 Å². The van der Waals surface area contributed by atoms with Gasteiger partial charge < -0.3 is 14.8 Å². The molecule has 0 saturated carbocycles. The van der Waals surface area contributed by atoms with Crippen molar-refractivity contribution in [2.75, 3.05) is 0 Å². The topological polar surface area (TPSA) is 119 Å². The second kappa shape index (κ2) is 16.4. The zero-order valence-electron chi connectivity index (χ0n) is 20.0. The van der Waals surface area contributed by atoms with E-state index in [1.807, 2.05) is 52.0 Å². The Morgan fingerprint density at radius 3 is 1.44 bits per heavy atom.